The fourth-order valence-corrected chi connectivity index (χ4v) is 2.38. The largest absolute Gasteiger partial charge is 0.381 e. The van der Waals surface area contributed by atoms with Gasteiger partial charge in [0.2, 0.25) is 11.7 Å². The van der Waals surface area contributed by atoms with E-state index >= 15 is 0 Å². The Balaban J connectivity index is 0.00000220. The highest BCUT2D eigenvalue weighted by atomic mass is 35.5. The molecule has 1 aliphatic rings. The van der Waals surface area contributed by atoms with Gasteiger partial charge in [-0.3, -0.25) is 9.36 Å². The second kappa shape index (κ2) is 6.86. The van der Waals surface area contributed by atoms with E-state index in [2.05, 4.69) is 10.3 Å². The van der Waals surface area contributed by atoms with Gasteiger partial charge >= 0.3 is 5.82 Å². The third-order valence-electron chi connectivity index (χ3n) is 3.81. The summed E-state index contributed by atoms with van der Waals surface area (Å²) in [7, 11) is 0. The van der Waals surface area contributed by atoms with Crippen molar-refractivity contribution in [3.63, 3.8) is 0 Å². The Morgan fingerprint density at radius 2 is 2.24 bits per heavy atom. The zero-order valence-electron chi connectivity index (χ0n) is 12.3. The van der Waals surface area contributed by atoms with E-state index in [4.69, 9.17) is 0 Å². The lowest BCUT2D eigenvalue weighted by Crippen LogP contribution is -2.57. The number of carbonyl (C=O) groups excluding carboxylic acids is 1. The Labute approximate surface area is 129 Å². The third-order valence-corrected chi connectivity index (χ3v) is 3.81. The minimum atomic E-state index is -0.552. The van der Waals surface area contributed by atoms with Crippen LogP contribution in [0.1, 0.15) is 19.7 Å². The predicted octanol–water partition coefficient (Wildman–Crippen LogP) is 0.730. The van der Waals surface area contributed by atoms with Crippen LogP contribution in [0.5, 0.6) is 0 Å². The Morgan fingerprint density at radius 3 is 2.81 bits per heavy atom. The van der Waals surface area contributed by atoms with E-state index in [1.165, 1.54) is 10.8 Å². The lowest BCUT2D eigenvalue weighted by Gasteiger charge is -2.38. The molecule has 1 aromatic rings. The number of carbonyl (C=O) groups is 1. The average molecular weight is 318 g/mol. The fraction of sp³-hybridized carbons (Fsp3) is 0.667. The highest BCUT2D eigenvalue weighted by Crippen LogP contribution is 2.13. The molecule has 0 aliphatic carbocycles. The van der Waals surface area contributed by atoms with Crippen molar-refractivity contribution in [3.8, 4) is 0 Å². The number of aromatic nitrogens is 2. The maximum Gasteiger partial charge on any atom is 0.381 e. The van der Waals surface area contributed by atoms with Gasteiger partial charge in [0.05, 0.1) is 0 Å². The summed E-state index contributed by atoms with van der Waals surface area (Å²) < 4.78 is 1.53. The van der Waals surface area contributed by atoms with Crippen LogP contribution in [0.2, 0.25) is 0 Å². The summed E-state index contributed by atoms with van der Waals surface area (Å²) >= 11 is 0. The van der Waals surface area contributed by atoms with Crippen LogP contribution in [-0.4, -0.2) is 50.5 Å². The number of hydrogen-bond donors (Lipinski definition) is 1. The molecule has 0 saturated carbocycles. The minimum Gasteiger partial charge on any atom is -0.358 e. The number of nitrogens with one attached hydrogen (secondary N) is 1. The van der Waals surface area contributed by atoms with Gasteiger partial charge in [0.1, 0.15) is 12.7 Å². The summed E-state index contributed by atoms with van der Waals surface area (Å²) in [6, 6.07) is 0.348. The van der Waals surface area contributed by atoms with Gasteiger partial charge in [-0.15, -0.1) is 12.4 Å². The molecule has 1 aliphatic heterocycles. The van der Waals surface area contributed by atoms with Gasteiger partial charge in [-0.2, -0.15) is 0 Å². The molecule has 1 amide bonds. The van der Waals surface area contributed by atoms with Gasteiger partial charge < -0.3 is 20.3 Å². The first-order chi connectivity index (χ1) is 9.40. The molecule has 21 heavy (non-hydrogen) atoms. The van der Waals surface area contributed by atoms with Gasteiger partial charge in [-0.05, 0) is 23.8 Å². The van der Waals surface area contributed by atoms with E-state index in [9.17, 15) is 14.9 Å². The molecule has 118 valence electrons. The summed E-state index contributed by atoms with van der Waals surface area (Å²) in [6.45, 7) is 7.20. The van der Waals surface area contributed by atoms with Gasteiger partial charge in [0.25, 0.3) is 0 Å². The summed E-state index contributed by atoms with van der Waals surface area (Å²) in [5.74, 6) is 0.208. The topological polar surface area (TPSA) is 93.3 Å². The molecule has 2 unspecified atom stereocenters. The maximum absolute atomic E-state index is 12.3. The Kier molecular flexibility index (Phi) is 5.68. The quantitative estimate of drug-likeness (QED) is 0.655. The van der Waals surface area contributed by atoms with E-state index in [1.807, 2.05) is 18.7 Å². The van der Waals surface area contributed by atoms with Gasteiger partial charge in [0, 0.05) is 32.1 Å². The van der Waals surface area contributed by atoms with Gasteiger partial charge in [-0.1, -0.05) is 0 Å². The van der Waals surface area contributed by atoms with Crippen LogP contribution < -0.4 is 5.32 Å². The highest BCUT2D eigenvalue weighted by molar-refractivity contribution is 5.85. The number of piperazine rings is 1. The van der Waals surface area contributed by atoms with E-state index < -0.39 is 4.92 Å². The molecule has 1 saturated heterocycles. The Morgan fingerprint density at radius 1 is 1.57 bits per heavy atom. The molecule has 2 rings (SSSR count). The van der Waals surface area contributed by atoms with E-state index in [1.54, 1.807) is 6.92 Å². The average Bonchev–Trinajstić information content (AvgIpc) is 2.74. The van der Waals surface area contributed by atoms with E-state index in [0.29, 0.717) is 12.4 Å². The smallest absolute Gasteiger partial charge is 0.358 e. The molecule has 9 heteroatoms. The Bertz CT molecular complexity index is 533. The Hall–Kier alpha value is -1.67. The van der Waals surface area contributed by atoms with Crippen molar-refractivity contribution in [1.82, 2.24) is 19.8 Å². The van der Waals surface area contributed by atoms with E-state index in [-0.39, 0.29) is 42.8 Å². The second-order valence-electron chi connectivity index (χ2n) is 5.10. The maximum atomic E-state index is 12.3. The van der Waals surface area contributed by atoms with Crippen molar-refractivity contribution in [3.05, 3.63) is 22.1 Å². The van der Waals surface area contributed by atoms with Crippen LogP contribution in [-0.2, 0) is 11.3 Å². The number of imidazole rings is 1. The molecule has 0 spiro atoms. The van der Waals surface area contributed by atoms with Crippen LogP contribution in [0.4, 0.5) is 5.82 Å². The zero-order chi connectivity index (χ0) is 14.9. The molecule has 0 radical (unpaired) electrons. The van der Waals surface area contributed by atoms with Crippen molar-refractivity contribution in [2.45, 2.75) is 39.4 Å². The number of hydrogen-bond acceptors (Lipinski definition) is 5. The molecule has 8 nitrogen and oxygen atoms in total. The number of amides is 1. The second-order valence-corrected chi connectivity index (χ2v) is 5.10. The molecular formula is C12H20ClN5O3. The first-order valence-electron chi connectivity index (χ1n) is 6.61. The van der Waals surface area contributed by atoms with Crippen LogP contribution in [0, 0.1) is 17.0 Å². The standard InChI is InChI=1S/C12H19N5O3.ClH/c1-8-9(2)16(5-4-13-8)12(18)7-15-6-11(17(19)20)14-10(15)3;/h6,8-9,13H,4-5,7H2,1-3H3;1H. The molecule has 1 aromatic heterocycles. The molecule has 1 fully saturated rings. The lowest BCUT2D eigenvalue weighted by atomic mass is 10.1. The SMILES string of the molecule is Cc1nc([N+](=O)[O-])cn1CC(=O)N1CCNC(C)C1C.Cl. The molecule has 0 bridgehead atoms. The van der Waals surface area contributed by atoms with E-state index in [0.717, 1.165) is 6.54 Å². The van der Waals surface area contributed by atoms with Crippen LogP contribution in [0.3, 0.4) is 0 Å². The number of nitro groups is 1. The zero-order valence-corrected chi connectivity index (χ0v) is 13.1. The minimum absolute atomic E-state index is 0. The molecule has 0 aromatic carbocycles. The number of rotatable bonds is 3. The molecule has 2 atom stereocenters. The van der Waals surface area contributed by atoms with Crippen molar-refractivity contribution in [1.29, 1.82) is 0 Å². The van der Waals surface area contributed by atoms with Crippen molar-refractivity contribution >= 4 is 24.1 Å². The lowest BCUT2D eigenvalue weighted by molar-refractivity contribution is -0.389. The monoisotopic (exact) mass is 317 g/mol. The van der Waals surface area contributed by atoms with Crippen LogP contribution in [0.15, 0.2) is 6.20 Å². The predicted molar refractivity (Wildman–Crippen MR) is 79.5 cm³/mol. The molecular weight excluding hydrogens is 298 g/mol. The molecule has 1 N–H and O–H groups in total. The number of nitrogens with zero attached hydrogens (tertiary/aromatic N) is 4. The summed E-state index contributed by atoms with van der Waals surface area (Å²) in [6.07, 6.45) is 1.31. The first-order valence-corrected chi connectivity index (χ1v) is 6.61. The first kappa shape index (κ1) is 17.4. The van der Waals surface area contributed by atoms with Gasteiger partial charge in [0.15, 0.2) is 0 Å². The highest BCUT2D eigenvalue weighted by Gasteiger charge is 2.29. The summed E-state index contributed by atoms with van der Waals surface area (Å²) in [4.78, 5) is 28.1. The molecule has 2 heterocycles. The van der Waals surface area contributed by atoms with Crippen molar-refractivity contribution < 1.29 is 9.72 Å². The normalized spacial score (nSPS) is 21.8. The van der Waals surface area contributed by atoms with Crippen LogP contribution in [0.25, 0.3) is 0 Å². The van der Waals surface area contributed by atoms with Crippen molar-refractivity contribution in [2.75, 3.05) is 13.1 Å². The number of aryl methyl sites for hydroxylation is 1. The summed E-state index contributed by atoms with van der Waals surface area (Å²) in [5, 5.41) is 14.0. The van der Waals surface area contributed by atoms with Gasteiger partial charge in [-0.25, -0.2) is 0 Å². The summed E-state index contributed by atoms with van der Waals surface area (Å²) in [5.41, 5.74) is 0. The van der Waals surface area contributed by atoms with Crippen molar-refractivity contribution in [2.24, 2.45) is 0 Å². The number of halogens is 1. The van der Waals surface area contributed by atoms with Crippen LogP contribution >= 0.6 is 12.4 Å². The fourth-order valence-electron chi connectivity index (χ4n) is 2.38. The third kappa shape index (κ3) is 3.70.